The molecule has 2 aromatic heterocycles. The van der Waals surface area contributed by atoms with Gasteiger partial charge in [-0.1, -0.05) is 28.1 Å². The Morgan fingerprint density at radius 3 is 3.04 bits per heavy atom. The molecule has 0 amide bonds. The van der Waals surface area contributed by atoms with Crippen LogP contribution in [0.5, 0.6) is 5.88 Å². The van der Waals surface area contributed by atoms with Gasteiger partial charge in [0.25, 0.3) is 0 Å². The molecule has 0 spiro atoms. The van der Waals surface area contributed by atoms with Crippen molar-refractivity contribution in [2.24, 2.45) is 4.99 Å². The molecule has 0 atom stereocenters. The van der Waals surface area contributed by atoms with Gasteiger partial charge in [-0.3, -0.25) is 0 Å². The summed E-state index contributed by atoms with van der Waals surface area (Å²) >= 11 is 3.45. The van der Waals surface area contributed by atoms with Crippen LogP contribution in [0.1, 0.15) is 16.8 Å². The Morgan fingerprint density at radius 1 is 1.24 bits per heavy atom. The average Bonchev–Trinajstić information content (AvgIpc) is 3.18. The molecule has 6 nitrogen and oxygen atoms in total. The first-order valence-corrected chi connectivity index (χ1v) is 8.47. The summed E-state index contributed by atoms with van der Waals surface area (Å²) in [6.07, 6.45) is 5.24. The Kier molecular flexibility index (Phi) is 4.07. The molecule has 7 heteroatoms. The van der Waals surface area contributed by atoms with Crippen LogP contribution in [0.2, 0.25) is 0 Å². The largest absolute Gasteiger partial charge is 0.492 e. The summed E-state index contributed by atoms with van der Waals surface area (Å²) < 4.78 is 1.02. The molecule has 3 heterocycles. The molecule has 0 unspecified atom stereocenters. The van der Waals surface area contributed by atoms with Crippen LogP contribution in [0.3, 0.4) is 0 Å². The van der Waals surface area contributed by atoms with Crippen LogP contribution in [-0.2, 0) is 6.54 Å². The molecule has 3 N–H and O–H groups in total. The Hall–Kier alpha value is -2.93. The second-order valence-electron chi connectivity index (χ2n) is 5.54. The molecule has 124 valence electrons. The van der Waals surface area contributed by atoms with Crippen molar-refractivity contribution in [1.82, 2.24) is 15.0 Å². The predicted octanol–water partition coefficient (Wildman–Crippen LogP) is 4.14. The number of imidazole rings is 1. The number of nitrogens with one attached hydrogen (secondary N) is 2. The topological polar surface area (TPSA) is 86.2 Å². The number of benzene rings is 1. The standard InChI is InChI=1S/C18H14BrN5O/c19-13-4-1-3-11(7-13)9-22-18-23-15(17(25)24-18)8-12-10-21-16-14(12)5-2-6-20-16/h1-8,10,25H,9H2,(H2,22,23,24). The van der Waals surface area contributed by atoms with Gasteiger partial charge in [-0.05, 0) is 35.9 Å². The zero-order valence-electron chi connectivity index (χ0n) is 13.1. The van der Waals surface area contributed by atoms with Gasteiger partial charge in [-0.25, -0.2) is 9.98 Å². The Balaban J connectivity index is 1.53. The summed E-state index contributed by atoms with van der Waals surface area (Å²) in [5, 5.41) is 13.3. The maximum atomic E-state index is 10.1. The second-order valence-corrected chi connectivity index (χ2v) is 6.45. The third kappa shape index (κ3) is 3.32. The average molecular weight is 396 g/mol. The van der Waals surface area contributed by atoms with Crippen LogP contribution >= 0.6 is 15.9 Å². The number of nitrogens with zero attached hydrogens (tertiary/aromatic N) is 3. The third-order valence-corrected chi connectivity index (χ3v) is 4.28. The number of aromatic hydroxyl groups is 1. The van der Waals surface area contributed by atoms with Crippen molar-refractivity contribution in [2.75, 3.05) is 5.32 Å². The van der Waals surface area contributed by atoms with E-state index >= 15 is 0 Å². The fraction of sp³-hybridized carbons (Fsp3) is 0.0556. The Bertz CT molecular complexity index is 993. The van der Waals surface area contributed by atoms with Crippen molar-refractivity contribution < 1.29 is 5.11 Å². The van der Waals surface area contributed by atoms with E-state index in [1.54, 1.807) is 12.4 Å². The number of aliphatic imine (C=N–C) groups is 1. The van der Waals surface area contributed by atoms with Gasteiger partial charge in [-0.2, -0.15) is 4.98 Å². The van der Waals surface area contributed by atoms with E-state index in [1.807, 2.05) is 42.5 Å². The number of H-pyrrole nitrogens is 1. The third-order valence-electron chi connectivity index (χ3n) is 3.78. The van der Waals surface area contributed by atoms with E-state index < -0.39 is 0 Å². The number of rotatable bonds is 4. The lowest BCUT2D eigenvalue weighted by atomic mass is 10.1. The highest BCUT2D eigenvalue weighted by Crippen LogP contribution is 2.31. The first kappa shape index (κ1) is 15.6. The highest BCUT2D eigenvalue weighted by molar-refractivity contribution is 9.10. The zero-order chi connectivity index (χ0) is 17.2. The fourth-order valence-electron chi connectivity index (χ4n) is 2.59. The Labute approximate surface area is 152 Å². The normalized spacial score (nSPS) is 14.0. The summed E-state index contributed by atoms with van der Waals surface area (Å²) in [6, 6.07) is 11.8. The molecule has 0 fully saturated rings. The molecule has 1 aliphatic heterocycles. The minimum atomic E-state index is -0.0602. The molecular weight excluding hydrogens is 382 g/mol. The number of anilines is 1. The Morgan fingerprint density at radius 2 is 2.16 bits per heavy atom. The number of hydrogen-bond acceptors (Lipinski definition) is 5. The van der Waals surface area contributed by atoms with Crippen LogP contribution in [0, 0.1) is 0 Å². The predicted molar refractivity (Wildman–Crippen MR) is 102 cm³/mol. The molecule has 0 bridgehead atoms. The van der Waals surface area contributed by atoms with E-state index in [4.69, 9.17) is 0 Å². The molecule has 1 aliphatic rings. The van der Waals surface area contributed by atoms with Crippen LogP contribution < -0.4 is 5.32 Å². The molecule has 1 aromatic carbocycles. The van der Waals surface area contributed by atoms with Gasteiger partial charge in [0.05, 0.1) is 0 Å². The minimum Gasteiger partial charge on any atom is -0.492 e. The quantitative estimate of drug-likeness (QED) is 0.619. The number of aromatic amines is 1. The number of fused-ring (bicyclic) bond motifs is 1. The van der Waals surface area contributed by atoms with Gasteiger partial charge < -0.3 is 15.4 Å². The molecular formula is C18H14BrN5O. The van der Waals surface area contributed by atoms with Crippen molar-refractivity contribution in [1.29, 1.82) is 0 Å². The van der Waals surface area contributed by atoms with Gasteiger partial charge in [0, 0.05) is 34.6 Å². The highest BCUT2D eigenvalue weighted by Gasteiger charge is 2.14. The van der Waals surface area contributed by atoms with Crippen LogP contribution in [-0.4, -0.2) is 26.3 Å². The number of halogens is 1. The summed E-state index contributed by atoms with van der Waals surface area (Å²) in [6.45, 7) is 0.594. The number of pyridine rings is 1. The van der Waals surface area contributed by atoms with E-state index in [1.165, 1.54) is 0 Å². The first-order chi connectivity index (χ1) is 12.2. The number of aromatic nitrogens is 3. The zero-order valence-corrected chi connectivity index (χ0v) is 14.7. The lowest BCUT2D eigenvalue weighted by molar-refractivity contribution is 0.455. The van der Waals surface area contributed by atoms with E-state index in [-0.39, 0.29) is 5.88 Å². The van der Waals surface area contributed by atoms with Crippen LogP contribution in [0.4, 0.5) is 11.8 Å². The highest BCUT2D eigenvalue weighted by atomic mass is 79.9. The second kappa shape index (κ2) is 6.52. The SMILES string of the molecule is Oc1nc(NCc2cccc(Br)c2)[nH]c1C=C1C=Nc2ncccc21. The monoisotopic (exact) mass is 395 g/mol. The van der Waals surface area contributed by atoms with Gasteiger partial charge in [0.2, 0.25) is 11.8 Å². The summed E-state index contributed by atoms with van der Waals surface area (Å²) in [5.74, 6) is 1.13. The van der Waals surface area contributed by atoms with E-state index in [9.17, 15) is 5.11 Å². The lowest BCUT2D eigenvalue weighted by Crippen LogP contribution is -2.00. The molecule has 0 saturated heterocycles. The van der Waals surface area contributed by atoms with Gasteiger partial charge in [0.15, 0.2) is 5.82 Å². The fourth-order valence-corrected chi connectivity index (χ4v) is 3.04. The molecule has 0 saturated carbocycles. The molecule has 4 rings (SSSR count). The van der Waals surface area contributed by atoms with Gasteiger partial charge in [0.1, 0.15) is 5.69 Å². The van der Waals surface area contributed by atoms with Crippen molar-refractivity contribution in [3.8, 4) is 5.88 Å². The first-order valence-electron chi connectivity index (χ1n) is 7.67. The van der Waals surface area contributed by atoms with Gasteiger partial charge >= 0.3 is 0 Å². The molecule has 0 radical (unpaired) electrons. The number of allylic oxidation sites excluding steroid dienone is 1. The van der Waals surface area contributed by atoms with E-state index in [0.29, 0.717) is 24.0 Å². The van der Waals surface area contributed by atoms with Crippen LogP contribution in [0.25, 0.3) is 11.6 Å². The minimum absolute atomic E-state index is 0.0602. The van der Waals surface area contributed by atoms with Crippen molar-refractivity contribution in [2.45, 2.75) is 6.54 Å². The maximum absolute atomic E-state index is 10.1. The number of hydrogen-bond donors (Lipinski definition) is 3. The van der Waals surface area contributed by atoms with E-state index in [0.717, 1.165) is 21.2 Å². The summed E-state index contributed by atoms with van der Waals surface area (Å²) in [4.78, 5) is 15.7. The molecule has 0 aliphatic carbocycles. The smallest absolute Gasteiger partial charge is 0.238 e. The van der Waals surface area contributed by atoms with Crippen molar-refractivity contribution >= 4 is 45.6 Å². The lowest BCUT2D eigenvalue weighted by Gasteiger charge is -2.03. The van der Waals surface area contributed by atoms with Crippen molar-refractivity contribution in [3.63, 3.8) is 0 Å². The van der Waals surface area contributed by atoms with Crippen LogP contribution in [0.15, 0.2) is 52.1 Å². The molecule has 25 heavy (non-hydrogen) atoms. The molecule has 3 aromatic rings. The van der Waals surface area contributed by atoms with E-state index in [2.05, 4.69) is 41.2 Å². The maximum Gasteiger partial charge on any atom is 0.238 e. The summed E-state index contributed by atoms with van der Waals surface area (Å²) in [7, 11) is 0. The van der Waals surface area contributed by atoms with Gasteiger partial charge in [-0.15, -0.1) is 0 Å². The summed E-state index contributed by atoms with van der Waals surface area (Å²) in [5.41, 5.74) is 3.43. The van der Waals surface area contributed by atoms with Crippen molar-refractivity contribution in [3.05, 3.63) is 63.9 Å².